The number of nitrogens with one attached hydrogen (secondary N) is 1. The van der Waals surface area contributed by atoms with Crippen molar-refractivity contribution in [2.75, 3.05) is 13.2 Å². The first kappa shape index (κ1) is 25.5. The quantitative estimate of drug-likeness (QED) is 0.266. The van der Waals surface area contributed by atoms with Gasteiger partial charge in [0.25, 0.3) is 0 Å². The topological polar surface area (TPSA) is 48.5 Å². The number of aliphatic hydroxyl groups excluding tert-OH is 1. The highest BCUT2D eigenvalue weighted by Gasteiger charge is 2.30. The van der Waals surface area contributed by atoms with Crippen molar-refractivity contribution in [3.63, 3.8) is 0 Å². The van der Waals surface area contributed by atoms with E-state index < -0.39 is 17.8 Å². The van der Waals surface area contributed by atoms with Gasteiger partial charge in [0.05, 0.1) is 5.56 Å². The van der Waals surface area contributed by atoms with Crippen LogP contribution in [0, 0.1) is 6.92 Å². The van der Waals surface area contributed by atoms with Gasteiger partial charge in [-0.1, -0.05) is 54.6 Å². The summed E-state index contributed by atoms with van der Waals surface area (Å²) in [6.07, 6.45) is -1.29. The van der Waals surface area contributed by atoms with Crippen LogP contribution in [0.2, 0.25) is 0 Å². The number of ether oxygens (including phenoxy) is 1. The van der Waals surface area contributed by atoms with Crippen LogP contribution in [0.4, 0.5) is 13.2 Å². The number of hydrogen-bond acceptors (Lipinski definition) is 3. The Morgan fingerprint density at radius 1 is 0.861 bits per heavy atom. The standard InChI is InChI=1S/C29H29F3N2O2/c1-21-7-5-6-10-23(21)17-34(18-24-15-33-16-28(24)22-8-3-2-4-9-22)19-26(35)20-36-27-13-11-25(12-14-27)29(30,31)32/h2-16,26,33,35H,17-20H2,1H3. The van der Waals surface area contributed by atoms with E-state index in [2.05, 4.69) is 41.1 Å². The van der Waals surface area contributed by atoms with Gasteiger partial charge in [0.1, 0.15) is 18.5 Å². The minimum absolute atomic E-state index is 0.0334. The number of hydrogen-bond donors (Lipinski definition) is 2. The van der Waals surface area contributed by atoms with E-state index in [9.17, 15) is 18.3 Å². The monoisotopic (exact) mass is 494 g/mol. The Balaban J connectivity index is 1.46. The minimum atomic E-state index is -4.40. The number of H-pyrrole nitrogens is 1. The number of aromatic nitrogens is 1. The maximum Gasteiger partial charge on any atom is 0.416 e. The zero-order valence-corrected chi connectivity index (χ0v) is 20.0. The lowest BCUT2D eigenvalue weighted by Gasteiger charge is -2.26. The molecule has 4 aromatic rings. The third kappa shape index (κ3) is 6.77. The van der Waals surface area contributed by atoms with Crippen LogP contribution in [0.5, 0.6) is 5.75 Å². The second-order valence-corrected chi connectivity index (χ2v) is 8.84. The number of aryl methyl sites for hydroxylation is 1. The van der Waals surface area contributed by atoms with Gasteiger partial charge in [-0.05, 0) is 53.4 Å². The third-order valence-corrected chi connectivity index (χ3v) is 6.06. The Morgan fingerprint density at radius 2 is 1.53 bits per heavy atom. The highest BCUT2D eigenvalue weighted by Crippen LogP contribution is 2.30. The molecule has 0 bridgehead atoms. The fourth-order valence-corrected chi connectivity index (χ4v) is 4.15. The molecule has 3 aromatic carbocycles. The van der Waals surface area contributed by atoms with Crippen molar-refractivity contribution < 1.29 is 23.0 Å². The normalized spacial score (nSPS) is 12.6. The number of rotatable bonds is 10. The SMILES string of the molecule is Cc1ccccc1CN(Cc1c[nH]cc1-c1ccccc1)CC(O)COc1ccc(C(F)(F)F)cc1. The predicted octanol–water partition coefficient (Wildman–Crippen LogP) is 6.45. The Kier molecular flexibility index (Phi) is 8.13. The molecule has 0 aliphatic carbocycles. The largest absolute Gasteiger partial charge is 0.491 e. The van der Waals surface area contributed by atoms with Crippen LogP contribution in [-0.2, 0) is 19.3 Å². The van der Waals surface area contributed by atoms with E-state index in [1.165, 1.54) is 12.1 Å². The number of aromatic amines is 1. The number of nitrogens with zero attached hydrogens (tertiary/aromatic N) is 1. The summed E-state index contributed by atoms with van der Waals surface area (Å²) in [5.41, 5.74) is 4.89. The van der Waals surface area contributed by atoms with E-state index in [-0.39, 0.29) is 12.4 Å². The van der Waals surface area contributed by atoms with Crippen molar-refractivity contribution in [2.24, 2.45) is 0 Å². The molecule has 0 amide bonds. The third-order valence-electron chi connectivity index (χ3n) is 6.06. The molecule has 1 heterocycles. The molecule has 1 unspecified atom stereocenters. The number of alkyl halides is 3. The zero-order chi connectivity index (χ0) is 25.5. The van der Waals surface area contributed by atoms with Crippen LogP contribution in [0.3, 0.4) is 0 Å². The summed E-state index contributed by atoms with van der Waals surface area (Å²) in [4.78, 5) is 5.35. The molecule has 7 heteroatoms. The summed E-state index contributed by atoms with van der Waals surface area (Å²) in [7, 11) is 0. The highest BCUT2D eigenvalue weighted by molar-refractivity contribution is 5.66. The zero-order valence-electron chi connectivity index (χ0n) is 20.0. The molecule has 0 aliphatic rings. The predicted molar refractivity (Wildman–Crippen MR) is 134 cm³/mol. The van der Waals surface area contributed by atoms with Crippen LogP contribution in [0.1, 0.15) is 22.3 Å². The molecule has 4 nitrogen and oxygen atoms in total. The first-order valence-electron chi connectivity index (χ1n) is 11.8. The van der Waals surface area contributed by atoms with Gasteiger partial charge in [0, 0.05) is 37.6 Å². The van der Waals surface area contributed by atoms with Crippen molar-refractivity contribution in [1.82, 2.24) is 9.88 Å². The van der Waals surface area contributed by atoms with E-state index in [0.29, 0.717) is 19.6 Å². The average Bonchev–Trinajstić information content (AvgIpc) is 3.32. The Hall–Kier alpha value is -3.55. The molecule has 0 radical (unpaired) electrons. The van der Waals surface area contributed by atoms with Gasteiger partial charge in [-0.3, -0.25) is 4.90 Å². The average molecular weight is 495 g/mol. The van der Waals surface area contributed by atoms with E-state index >= 15 is 0 Å². The molecule has 0 saturated heterocycles. The smallest absolute Gasteiger partial charge is 0.416 e. The lowest BCUT2D eigenvalue weighted by molar-refractivity contribution is -0.137. The van der Waals surface area contributed by atoms with Gasteiger partial charge in [0.15, 0.2) is 0 Å². The Morgan fingerprint density at radius 3 is 2.22 bits per heavy atom. The first-order valence-corrected chi connectivity index (χ1v) is 11.8. The van der Waals surface area contributed by atoms with Gasteiger partial charge in [0.2, 0.25) is 0 Å². The molecule has 4 rings (SSSR count). The maximum absolute atomic E-state index is 12.8. The summed E-state index contributed by atoms with van der Waals surface area (Å²) < 4.78 is 44.0. The number of benzene rings is 3. The highest BCUT2D eigenvalue weighted by atomic mass is 19.4. The van der Waals surface area contributed by atoms with Crippen LogP contribution >= 0.6 is 0 Å². The van der Waals surface area contributed by atoms with E-state index in [4.69, 9.17) is 4.74 Å². The van der Waals surface area contributed by atoms with Crippen molar-refractivity contribution >= 4 is 0 Å². The van der Waals surface area contributed by atoms with Crippen molar-refractivity contribution in [3.8, 4) is 16.9 Å². The van der Waals surface area contributed by atoms with Gasteiger partial charge in [-0.15, -0.1) is 0 Å². The fraction of sp³-hybridized carbons (Fsp3) is 0.241. The molecule has 0 aliphatic heterocycles. The summed E-state index contributed by atoms with van der Waals surface area (Å²) in [5, 5.41) is 10.8. The second kappa shape index (κ2) is 11.5. The number of aliphatic hydroxyl groups is 1. The summed E-state index contributed by atoms with van der Waals surface area (Å²) in [6, 6.07) is 22.7. The molecule has 0 saturated carbocycles. The minimum Gasteiger partial charge on any atom is -0.491 e. The first-order chi connectivity index (χ1) is 17.3. The molecule has 0 spiro atoms. The van der Waals surface area contributed by atoms with Crippen molar-refractivity contribution in [2.45, 2.75) is 32.3 Å². The van der Waals surface area contributed by atoms with E-state index in [0.717, 1.165) is 39.9 Å². The lowest BCUT2D eigenvalue weighted by Crippen LogP contribution is -2.35. The van der Waals surface area contributed by atoms with E-state index in [1.807, 2.05) is 42.7 Å². The number of halogens is 3. The molecule has 1 aromatic heterocycles. The molecular weight excluding hydrogens is 465 g/mol. The van der Waals surface area contributed by atoms with Crippen LogP contribution in [-0.4, -0.2) is 34.2 Å². The van der Waals surface area contributed by atoms with Gasteiger partial charge >= 0.3 is 6.18 Å². The Bertz CT molecular complexity index is 1240. The molecule has 0 fully saturated rings. The summed E-state index contributed by atoms with van der Waals surface area (Å²) >= 11 is 0. The van der Waals surface area contributed by atoms with Crippen LogP contribution in [0.25, 0.3) is 11.1 Å². The molecule has 36 heavy (non-hydrogen) atoms. The van der Waals surface area contributed by atoms with Crippen molar-refractivity contribution in [1.29, 1.82) is 0 Å². The van der Waals surface area contributed by atoms with Gasteiger partial charge < -0.3 is 14.8 Å². The molecule has 188 valence electrons. The summed E-state index contributed by atoms with van der Waals surface area (Å²) in [6.45, 7) is 3.58. The molecular formula is C29H29F3N2O2. The van der Waals surface area contributed by atoms with Gasteiger partial charge in [-0.25, -0.2) is 0 Å². The second-order valence-electron chi connectivity index (χ2n) is 8.84. The fourth-order valence-electron chi connectivity index (χ4n) is 4.15. The maximum atomic E-state index is 12.8. The van der Waals surface area contributed by atoms with Crippen LogP contribution in [0.15, 0.2) is 91.3 Å². The van der Waals surface area contributed by atoms with Gasteiger partial charge in [-0.2, -0.15) is 13.2 Å². The summed E-state index contributed by atoms with van der Waals surface area (Å²) in [5.74, 6) is 0.282. The van der Waals surface area contributed by atoms with Crippen molar-refractivity contribution in [3.05, 3.63) is 114 Å². The lowest BCUT2D eigenvalue weighted by atomic mass is 10.0. The molecule has 1 atom stereocenters. The molecule has 2 N–H and O–H groups in total. The Labute approximate surface area is 209 Å². The van der Waals surface area contributed by atoms with E-state index in [1.54, 1.807) is 0 Å². The van der Waals surface area contributed by atoms with Crippen LogP contribution < -0.4 is 4.74 Å².